The minimum atomic E-state index is 0. The SMILES string of the molecule is Cc1cc(N)ccc1NCCCn1cc[n+](C)c1.Cl.Cl.[Cl-]. The normalized spacial score (nSPS) is 9.05. The molecule has 0 saturated heterocycles. The van der Waals surface area contributed by atoms with E-state index in [1.165, 1.54) is 11.3 Å². The van der Waals surface area contributed by atoms with Crippen LogP contribution in [-0.4, -0.2) is 11.1 Å². The molecule has 0 aliphatic carbocycles. The third-order valence-corrected chi connectivity index (χ3v) is 2.98. The summed E-state index contributed by atoms with van der Waals surface area (Å²) in [6.07, 6.45) is 7.33. The van der Waals surface area contributed by atoms with Crippen molar-refractivity contribution in [2.45, 2.75) is 19.9 Å². The van der Waals surface area contributed by atoms with Gasteiger partial charge in [-0.25, -0.2) is 9.13 Å². The van der Waals surface area contributed by atoms with Gasteiger partial charge in [0.25, 0.3) is 0 Å². The summed E-state index contributed by atoms with van der Waals surface area (Å²) in [6, 6.07) is 5.97. The van der Waals surface area contributed by atoms with Gasteiger partial charge in [-0.05, 0) is 30.7 Å². The van der Waals surface area contributed by atoms with E-state index in [0.717, 1.165) is 25.2 Å². The molecule has 3 N–H and O–H groups in total. The molecule has 0 spiro atoms. The van der Waals surface area contributed by atoms with Crippen LogP contribution in [0.2, 0.25) is 0 Å². The Labute approximate surface area is 145 Å². The number of nitrogens with one attached hydrogen (secondary N) is 1. The van der Waals surface area contributed by atoms with Crippen LogP contribution in [0.25, 0.3) is 0 Å². The van der Waals surface area contributed by atoms with Crippen molar-refractivity contribution >= 4 is 36.2 Å². The van der Waals surface area contributed by atoms with Crippen LogP contribution in [0.15, 0.2) is 36.9 Å². The molecule has 0 unspecified atom stereocenters. The second-order valence-electron chi connectivity index (χ2n) is 4.67. The first kappa shape index (κ1) is 22.2. The third-order valence-electron chi connectivity index (χ3n) is 2.98. The molecule has 1 aromatic carbocycles. The summed E-state index contributed by atoms with van der Waals surface area (Å²) in [5, 5.41) is 3.44. The molecule has 21 heavy (non-hydrogen) atoms. The molecule has 2 rings (SSSR count). The molecule has 0 radical (unpaired) electrons. The highest BCUT2D eigenvalue weighted by Gasteiger charge is 2.00. The van der Waals surface area contributed by atoms with E-state index in [0.29, 0.717) is 0 Å². The topological polar surface area (TPSA) is 46.9 Å². The number of benzene rings is 1. The van der Waals surface area contributed by atoms with Crippen molar-refractivity contribution in [3.05, 3.63) is 42.5 Å². The molecule has 120 valence electrons. The highest BCUT2D eigenvalue weighted by Crippen LogP contribution is 2.17. The predicted octanol–water partition coefficient (Wildman–Crippen LogP) is -0.447. The van der Waals surface area contributed by atoms with Crippen molar-refractivity contribution in [3.63, 3.8) is 0 Å². The van der Waals surface area contributed by atoms with Gasteiger partial charge in [0.2, 0.25) is 6.33 Å². The number of anilines is 2. The van der Waals surface area contributed by atoms with Gasteiger partial charge in [-0.3, -0.25) is 0 Å². The minimum absolute atomic E-state index is 0. The van der Waals surface area contributed by atoms with Crippen LogP contribution in [0.5, 0.6) is 0 Å². The second kappa shape index (κ2) is 10.6. The molecule has 0 fully saturated rings. The number of rotatable bonds is 5. The zero-order valence-corrected chi connectivity index (χ0v) is 14.6. The Hall–Kier alpha value is -1.10. The first-order valence-corrected chi connectivity index (χ1v) is 6.26. The second-order valence-corrected chi connectivity index (χ2v) is 4.67. The van der Waals surface area contributed by atoms with Crippen molar-refractivity contribution in [2.24, 2.45) is 7.05 Å². The lowest BCUT2D eigenvalue weighted by atomic mass is 10.2. The highest BCUT2D eigenvalue weighted by molar-refractivity contribution is 5.85. The first-order valence-electron chi connectivity index (χ1n) is 6.26. The van der Waals surface area contributed by atoms with Gasteiger partial charge in [0.1, 0.15) is 12.4 Å². The standard InChI is InChI=1S/C14H21N4.3ClH/c1-12-10-13(15)4-5-14(12)16-6-3-7-18-9-8-17(2)11-18;;;/h4-5,8-11,16H,3,6-7,15H2,1-2H3;3*1H/q+1;;;/p-1. The van der Waals surface area contributed by atoms with Crippen LogP contribution in [-0.2, 0) is 13.6 Å². The Morgan fingerprint density at radius 3 is 2.57 bits per heavy atom. The molecular weight excluding hydrogens is 331 g/mol. The fourth-order valence-corrected chi connectivity index (χ4v) is 2.00. The van der Waals surface area contributed by atoms with Gasteiger partial charge in [-0.1, -0.05) is 0 Å². The largest absolute Gasteiger partial charge is 1.00 e. The Kier molecular flexibility index (Phi) is 11.2. The Morgan fingerprint density at radius 1 is 1.29 bits per heavy atom. The first-order chi connectivity index (χ1) is 8.65. The third kappa shape index (κ3) is 6.93. The summed E-state index contributed by atoms with van der Waals surface area (Å²) in [5.74, 6) is 0. The molecule has 7 heteroatoms. The van der Waals surface area contributed by atoms with E-state index in [2.05, 4.69) is 40.1 Å². The monoisotopic (exact) mass is 352 g/mol. The minimum Gasteiger partial charge on any atom is -1.00 e. The van der Waals surface area contributed by atoms with Gasteiger partial charge in [-0.15, -0.1) is 24.8 Å². The molecule has 0 saturated carbocycles. The summed E-state index contributed by atoms with van der Waals surface area (Å²) in [5.41, 5.74) is 8.91. The van der Waals surface area contributed by atoms with Gasteiger partial charge in [0.15, 0.2) is 0 Å². The fraction of sp³-hybridized carbons (Fsp3) is 0.357. The van der Waals surface area contributed by atoms with Gasteiger partial charge >= 0.3 is 0 Å². The van der Waals surface area contributed by atoms with Crippen molar-refractivity contribution in [1.29, 1.82) is 0 Å². The van der Waals surface area contributed by atoms with Gasteiger partial charge in [-0.2, -0.15) is 0 Å². The van der Waals surface area contributed by atoms with Gasteiger partial charge in [0.05, 0.1) is 13.6 Å². The van der Waals surface area contributed by atoms with Gasteiger partial charge in [0, 0.05) is 24.3 Å². The number of imidazole rings is 1. The van der Waals surface area contributed by atoms with Crippen LogP contribution < -0.4 is 28.0 Å². The van der Waals surface area contributed by atoms with Crippen molar-refractivity contribution in [3.8, 4) is 0 Å². The van der Waals surface area contributed by atoms with Crippen molar-refractivity contribution in [1.82, 2.24) is 4.57 Å². The summed E-state index contributed by atoms with van der Waals surface area (Å²) in [4.78, 5) is 0. The molecule has 1 heterocycles. The number of aromatic nitrogens is 2. The maximum absolute atomic E-state index is 5.73. The van der Waals surface area contributed by atoms with E-state index < -0.39 is 0 Å². The average molecular weight is 354 g/mol. The van der Waals surface area contributed by atoms with Crippen LogP contribution >= 0.6 is 24.8 Å². The lowest BCUT2D eigenvalue weighted by Crippen LogP contribution is -3.00. The molecule has 0 bridgehead atoms. The summed E-state index contributed by atoms with van der Waals surface area (Å²) in [7, 11) is 2.03. The van der Waals surface area contributed by atoms with Crippen LogP contribution in [0.1, 0.15) is 12.0 Å². The van der Waals surface area contributed by atoms with E-state index in [4.69, 9.17) is 5.73 Å². The zero-order valence-electron chi connectivity index (χ0n) is 12.3. The van der Waals surface area contributed by atoms with E-state index in [-0.39, 0.29) is 37.2 Å². The molecule has 0 aliphatic rings. The molecule has 0 atom stereocenters. The molecule has 4 nitrogen and oxygen atoms in total. The lowest BCUT2D eigenvalue weighted by Gasteiger charge is -2.09. The zero-order chi connectivity index (χ0) is 13.0. The maximum atomic E-state index is 5.73. The molecule has 2 aromatic rings. The molecular formula is C14H23Cl3N4. The number of halogens is 3. The molecule has 1 aromatic heterocycles. The summed E-state index contributed by atoms with van der Waals surface area (Å²) in [6.45, 7) is 4.07. The van der Waals surface area contributed by atoms with Crippen LogP contribution in [0, 0.1) is 6.92 Å². The molecule has 0 amide bonds. The smallest absolute Gasteiger partial charge is 0.243 e. The van der Waals surface area contributed by atoms with E-state index in [9.17, 15) is 0 Å². The van der Waals surface area contributed by atoms with Crippen molar-refractivity contribution < 1.29 is 17.0 Å². The quantitative estimate of drug-likeness (QED) is 0.435. The van der Waals surface area contributed by atoms with E-state index in [1.54, 1.807) is 0 Å². The summed E-state index contributed by atoms with van der Waals surface area (Å²) >= 11 is 0. The Morgan fingerprint density at radius 2 is 2.00 bits per heavy atom. The maximum Gasteiger partial charge on any atom is 0.243 e. The molecule has 0 aliphatic heterocycles. The number of nitrogen functional groups attached to an aromatic ring is 1. The average Bonchev–Trinajstić information content (AvgIpc) is 2.73. The number of hydrogen-bond donors (Lipinski definition) is 2. The summed E-state index contributed by atoms with van der Waals surface area (Å²) < 4.78 is 4.25. The van der Waals surface area contributed by atoms with Crippen molar-refractivity contribution in [2.75, 3.05) is 17.6 Å². The number of nitrogens with two attached hydrogens (primary N) is 1. The van der Waals surface area contributed by atoms with Gasteiger partial charge < -0.3 is 23.5 Å². The van der Waals surface area contributed by atoms with Crippen LogP contribution in [0.4, 0.5) is 11.4 Å². The number of hydrogen-bond acceptors (Lipinski definition) is 2. The Balaban J connectivity index is 0. The number of nitrogens with zero attached hydrogens (tertiary/aromatic N) is 2. The predicted molar refractivity (Wildman–Crippen MR) is 88.8 cm³/mol. The highest BCUT2D eigenvalue weighted by atomic mass is 35.5. The lowest BCUT2D eigenvalue weighted by molar-refractivity contribution is -0.671. The van der Waals surface area contributed by atoms with E-state index >= 15 is 0 Å². The van der Waals surface area contributed by atoms with Crippen LogP contribution in [0.3, 0.4) is 0 Å². The van der Waals surface area contributed by atoms with E-state index in [1.807, 2.05) is 25.2 Å². The number of aryl methyl sites for hydroxylation is 3. The fourth-order valence-electron chi connectivity index (χ4n) is 2.00. The Bertz CT molecular complexity index is 529.